The monoisotopic (exact) mass is 345 g/mol. The molecule has 22 heavy (non-hydrogen) atoms. The van der Waals surface area contributed by atoms with Gasteiger partial charge < -0.3 is 16.4 Å². The number of hydrogen-bond donors (Lipinski definition) is 3. The zero-order chi connectivity index (χ0) is 15.2. The van der Waals surface area contributed by atoms with E-state index in [0.29, 0.717) is 17.3 Å². The van der Waals surface area contributed by atoms with E-state index < -0.39 is 6.04 Å². The van der Waals surface area contributed by atoms with Crippen LogP contribution in [0.1, 0.15) is 42.3 Å². The van der Waals surface area contributed by atoms with Gasteiger partial charge in [0, 0.05) is 6.04 Å². The van der Waals surface area contributed by atoms with Crippen LogP contribution in [0, 0.1) is 5.92 Å². The molecular formula is C15H24ClN3O2S. The van der Waals surface area contributed by atoms with Crippen molar-refractivity contribution < 1.29 is 9.59 Å². The second kappa shape index (κ2) is 9.12. The number of amides is 2. The van der Waals surface area contributed by atoms with Gasteiger partial charge in [0.2, 0.25) is 5.91 Å². The molecule has 0 radical (unpaired) electrons. The Morgan fingerprint density at radius 2 is 2.14 bits per heavy atom. The maximum absolute atomic E-state index is 12.2. The van der Waals surface area contributed by atoms with Crippen LogP contribution in [0.4, 0.5) is 0 Å². The third-order valence-corrected chi connectivity index (χ3v) is 4.89. The molecule has 4 N–H and O–H groups in total. The van der Waals surface area contributed by atoms with Crippen LogP contribution in [0.15, 0.2) is 17.5 Å². The molecule has 1 aliphatic carbocycles. The fraction of sp³-hybridized carbons (Fsp3) is 0.600. The van der Waals surface area contributed by atoms with Gasteiger partial charge in [-0.05, 0) is 43.7 Å². The second-order valence-corrected chi connectivity index (χ2v) is 6.52. The van der Waals surface area contributed by atoms with Gasteiger partial charge in [0.15, 0.2) is 0 Å². The van der Waals surface area contributed by atoms with E-state index in [2.05, 4.69) is 10.6 Å². The number of carbonyl (C=O) groups excluding carboxylic acids is 2. The van der Waals surface area contributed by atoms with Crippen molar-refractivity contribution in [3.63, 3.8) is 0 Å². The number of rotatable bonds is 5. The zero-order valence-corrected chi connectivity index (χ0v) is 14.3. The Kier molecular flexibility index (Phi) is 7.85. The van der Waals surface area contributed by atoms with Crippen LogP contribution in [0.5, 0.6) is 0 Å². The highest BCUT2D eigenvalue weighted by Crippen LogP contribution is 2.23. The lowest BCUT2D eigenvalue weighted by Crippen LogP contribution is -2.51. The van der Waals surface area contributed by atoms with Crippen LogP contribution in [0.25, 0.3) is 0 Å². The molecule has 1 saturated carbocycles. The highest BCUT2D eigenvalue weighted by molar-refractivity contribution is 7.12. The maximum Gasteiger partial charge on any atom is 0.261 e. The number of carbonyl (C=O) groups is 2. The molecular weight excluding hydrogens is 322 g/mol. The van der Waals surface area contributed by atoms with Crippen LogP contribution in [-0.2, 0) is 4.79 Å². The molecule has 2 amide bonds. The molecule has 124 valence electrons. The standard InChI is InChI=1S/C15H23N3O2S.ClH/c1-10(17-15(20)13-7-4-8-21-13)14(19)18-12-6-3-2-5-11(12)9-16;/h4,7-8,10-12H,2-3,5-6,9,16H2,1H3,(H,17,20)(H,18,19);1H. The third-order valence-electron chi connectivity index (χ3n) is 4.03. The van der Waals surface area contributed by atoms with Crippen molar-refractivity contribution in [1.29, 1.82) is 0 Å². The number of nitrogens with two attached hydrogens (primary N) is 1. The first-order valence-corrected chi connectivity index (χ1v) is 8.34. The number of halogens is 1. The van der Waals surface area contributed by atoms with Crippen LogP contribution in [0.2, 0.25) is 0 Å². The Bertz CT molecular complexity index is 481. The lowest BCUT2D eigenvalue weighted by molar-refractivity contribution is -0.123. The van der Waals surface area contributed by atoms with Crippen molar-refractivity contribution >= 4 is 35.6 Å². The van der Waals surface area contributed by atoms with E-state index in [0.717, 1.165) is 19.3 Å². The van der Waals surface area contributed by atoms with E-state index in [1.165, 1.54) is 17.8 Å². The van der Waals surface area contributed by atoms with Crippen molar-refractivity contribution in [2.24, 2.45) is 11.7 Å². The van der Waals surface area contributed by atoms with Crippen molar-refractivity contribution in [2.45, 2.75) is 44.7 Å². The summed E-state index contributed by atoms with van der Waals surface area (Å²) in [5.74, 6) is 0.0137. The second-order valence-electron chi connectivity index (χ2n) is 5.57. The Morgan fingerprint density at radius 1 is 1.41 bits per heavy atom. The molecule has 1 aromatic rings. The maximum atomic E-state index is 12.2. The molecule has 2 rings (SSSR count). The molecule has 7 heteroatoms. The van der Waals surface area contributed by atoms with Gasteiger partial charge in [-0.25, -0.2) is 0 Å². The fourth-order valence-corrected chi connectivity index (χ4v) is 3.36. The Labute approximate surface area is 141 Å². The summed E-state index contributed by atoms with van der Waals surface area (Å²) in [5.41, 5.74) is 5.77. The lowest BCUT2D eigenvalue weighted by Gasteiger charge is -2.32. The summed E-state index contributed by atoms with van der Waals surface area (Å²) in [4.78, 5) is 24.8. The summed E-state index contributed by atoms with van der Waals surface area (Å²) in [6.07, 6.45) is 4.34. The molecule has 5 nitrogen and oxygen atoms in total. The van der Waals surface area contributed by atoms with E-state index in [9.17, 15) is 9.59 Å². The third kappa shape index (κ3) is 4.97. The van der Waals surface area contributed by atoms with Gasteiger partial charge >= 0.3 is 0 Å². The summed E-state index contributed by atoms with van der Waals surface area (Å²) < 4.78 is 0. The molecule has 3 atom stereocenters. The average Bonchev–Trinajstić information content (AvgIpc) is 3.02. The molecule has 0 aromatic carbocycles. The molecule has 0 aliphatic heterocycles. The summed E-state index contributed by atoms with van der Waals surface area (Å²) in [7, 11) is 0. The highest BCUT2D eigenvalue weighted by atomic mass is 35.5. The van der Waals surface area contributed by atoms with Gasteiger partial charge in [-0.2, -0.15) is 0 Å². The molecule has 1 heterocycles. The average molecular weight is 346 g/mol. The summed E-state index contributed by atoms with van der Waals surface area (Å²) >= 11 is 1.36. The van der Waals surface area contributed by atoms with E-state index in [1.807, 2.05) is 11.4 Å². The van der Waals surface area contributed by atoms with Gasteiger partial charge in [-0.15, -0.1) is 23.7 Å². The van der Waals surface area contributed by atoms with Crippen molar-refractivity contribution in [2.75, 3.05) is 6.54 Å². The number of nitrogens with one attached hydrogen (secondary N) is 2. The van der Waals surface area contributed by atoms with Crippen LogP contribution < -0.4 is 16.4 Å². The SMILES string of the molecule is CC(NC(=O)c1cccs1)C(=O)NC1CCCCC1CN.Cl. The topological polar surface area (TPSA) is 84.2 Å². The Balaban J connectivity index is 0.00000242. The van der Waals surface area contributed by atoms with E-state index >= 15 is 0 Å². The molecule has 1 fully saturated rings. The predicted molar refractivity (Wildman–Crippen MR) is 91.4 cm³/mol. The van der Waals surface area contributed by atoms with Crippen LogP contribution >= 0.6 is 23.7 Å². The van der Waals surface area contributed by atoms with Gasteiger partial charge in [-0.1, -0.05) is 18.9 Å². The summed E-state index contributed by atoms with van der Waals surface area (Å²) in [6.45, 7) is 2.31. The van der Waals surface area contributed by atoms with Crippen LogP contribution in [0.3, 0.4) is 0 Å². The minimum absolute atomic E-state index is 0. The molecule has 0 spiro atoms. The molecule has 0 bridgehead atoms. The molecule has 0 saturated heterocycles. The molecule has 1 aromatic heterocycles. The predicted octanol–water partition coefficient (Wildman–Crippen LogP) is 1.92. The van der Waals surface area contributed by atoms with E-state index in [1.54, 1.807) is 13.0 Å². The molecule has 3 unspecified atom stereocenters. The first kappa shape index (κ1) is 18.9. The summed E-state index contributed by atoms with van der Waals surface area (Å²) in [5, 5.41) is 7.61. The van der Waals surface area contributed by atoms with E-state index in [4.69, 9.17) is 5.73 Å². The first-order chi connectivity index (χ1) is 10.1. The Hall–Kier alpha value is -1.11. The van der Waals surface area contributed by atoms with Gasteiger partial charge in [0.05, 0.1) is 4.88 Å². The summed E-state index contributed by atoms with van der Waals surface area (Å²) in [6, 6.07) is 3.16. The van der Waals surface area contributed by atoms with Gasteiger partial charge in [0.1, 0.15) is 6.04 Å². The minimum atomic E-state index is -0.542. The van der Waals surface area contributed by atoms with Crippen LogP contribution in [-0.4, -0.2) is 30.4 Å². The largest absolute Gasteiger partial charge is 0.351 e. The van der Waals surface area contributed by atoms with E-state index in [-0.39, 0.29) is 30.3 Å². The first-order valence-electron chi connectivity index (χ1n) is 7.46. The fourth-order valence-electron chi connectivity index (χ4n) is 2.73. The minimum Gasteiger partial charge on any atom is -0.351 e. The quantitative estimate of drug-likeness (QED) is 0.762. The normalized spacial score (nSPS) is 22.3. The van der Waals surface area contributed by atoms with Gasteiger partial charge in [-0.3, -0.25) is 9.59 Å². The number of thiophene rings is 1. The smallest absolute Gasteiger partial charge is 0.261 e. The molecule has 1 aliphatic rings. The Morgan fingerprint density at radius 3 is 2.77 bits per heavy atom. The van der Waals surface area contributed by atoms with Crippen molar-refractivity contribution in [3.8, 4) is 0 Å². The van der Waals surface area contributed by atoms with Crippen molar-refractivity contribution in [1.82, 2.24) is 10.6 Å². The van der Waals surface area contributed by atoms with Gasteiger partial charge in [0.25, 0.3) is 5.91 Å². The lowest BCUT2D eigenvalue weighted by atomic mass is 9.84. The highest BCUT2D eigenvalue weighted by Gasteiger charge is 2.27. The number of hydrogen-bond acceptors (Lipinski definition) is 4. The zero-order valence-electron chi connectivity index (χ0n) is 12.7. The van der Waals surface area contributed by atoms with Crippen molar-refractivity contribution in [3.05, 3.63) is 22.4 Å².